The van der Waals surface area contributed by atoms with Crippen LogP contribution in [0.2, 0.25) is 0 Å². The van der Waals surface area contributed by atoms with Crippen LogP contribution in [0.25, 0.3) is 0 Å². The number of hydrogen-bond acceptors (Lipinski definition) is 4. The molecule has 0 atom stereocenters. The fraction of sp³-hybridized carbons (Fsp3) is 0.600. The van der Waals surface area contributed by atoms with Gasteiger partial charge in [-0.15, -0.1) is 0 Å². The number of aliphatic hydroxyl groups excluding tert-OH is 1. The van der Waals surface area contributed by atoms with Gasteiger partial charge in [-0.05, 0) is 31.4 Å². The van der Waals surface area contributed by atoms with E-state index in [-0.39, 0.29) is 12.1 Å². The van der Waals surface area contributed by atoms with Crippen LogP contribution in [0, 0.1) is 0 Å². The number of hydrogen-bond donors (Lipinski definition) is 3. The van der Waals surface area contributed by atoms with Crippen molar-refractivity contribution >= 4 is 11.4 Å². The lowest BCUT2D eigenvalue weighted by Gasteiger charge is -2.30. The second-order valence-corrected chi connectivity index (χ2v) is 5.34. The molecule has 0 heterocycles. The summed E-state index contributed by atoms with van der Waals surface area (Å²) in [6.07, 6.45) is 5.24. The quantitative estimate of drug-likeness (QED) is 0.691. The molecule has 1 aliphatic carbocycles. The lowest BCUT2D eigenvalue weighted by atomic mass is 9.98. The van der Waals surface area contributed by atoms with Gasteiger partial charge in [-0.1, -0.05) is 25.8 Å². The molecule has 0 aromatic heterocycles. The maximum Gasteiger partial charge on any atom is 0.144 e. The number of nitrogen functional groups attached to an aromatic ring is 1. The van der Waals surface area contributed by atoms with E-state index in [1.54, 1.807) is 0 Å². The van der Waals surface area contributed by atoms with E-state index in [9.17, 15) is 5.11 Å². The zero-order chi connectivity index (χ0) is 13.7. The van der Waals surface area contributed by atoms with Crippen LogP contribution in [0.1, 0.15) is 39.0 Å². The molecule has 1 aromatic rings. The monoisotopic (exact) mass is 264 g/mol. The third-order valence-electron chi connectivity index (χ3n) is 3.79. The third kappa shape index (κ3) is 3.13. The minimum Gasteiger partial charge on any atom is -0.491 e. The summed E-state index contributed by atoms with van der Waals surface area (Å²) in [6, 6.07) is 5.77. The first-order valence-electron chi connectivity index (χ1n) is 7.11. The summed E-state index contributed by atoms with van der Waals surface area (Å²) in [5, 5.41) is 13.1. The molecule has 0 radical (unpaired) electrons. The molecule has 0 aliphatic heterocycles. The average Bonchev–Trinajstić information content (AvgIpc) is 2.89. The Labute approximate surface area is 115 Å². The molecule has 4 nitrogen and oxygen atoms in total. The number of ether oxygens (including phenoxy) is 1. The highest BCUT2D eigenvalue weighted by atomic mass is 16.5. The molecule has 106 valence electrons. The van der Waals surface area contributed by atoms with Crippen LogP contribution in [0.3, 0.4) is 0 Å². The van der Waals surface area contributed by atoms with Gasteiger partial charge in [0.1, 0.15) is 5.75 Å². The SMILES string of the molecule is CCCOc1cccc(NC2(CO)CCCC2)c1N. The Bertz CT molecular complexity index is 415. The highest BCUT2D eigenvalue weighted by molar-refractivity contribution is 5.73. The molecule has 2 rings (SSSR count). The molecule has 0 unspecified atom stereocenters. The number of nitrogens with one attached hydrogen (secondary N) is 1. The van der Waals surface area contributed by atoms with Gasteiger partial charge in [-0.3, -0.25) is 0 Å². The summed E-state index contributed by atoms with van der Waals surface area (Å²) in [6.45, 7) is 2.88. The molecule has 1 fully saturated rings. The molecule has 1 aromatic carbocycles. The van der Waals surface area contributed by atoms with Crippen molar-refractivity contribution in [3.63, 3.8) is 0 Å². The summed E-state index contributed by atoms with van der Waals surface area (Å²) in [5.41, 5.74) is 7.44. The predicted octanol–water partition coefficient (Wildman–Crippen LogP) is 2.77. The fourth-order valence-corrected chi connectivity index (χ4v) is 2.65. The predicted molar refractivity (Wildman–Crippen MR) is 78.5 cm³/mol. The molecule has 0 spiro atoms. The van der Waals surface area contributed by atoms with Crippen molar-refractivity contribution in [3.05, 3.63) is 18.2 Å². The Hall–Kier alpha value is -1.42. The van der Waals surface area contributed by atoms with Crippen LogP contribution >= 0.6 is 0 Å². The fourth-order valence-electron chi connectivity index (χ4n) is 2.65. The van der Waals surface area contributed by atoms with E-state index < -0.39 is 0 Å². The average molecular weight is 264 g/mol. The summed E-state index contributed by atoms with van der Waals surface area (Å²) in [5.74, 6) is 0.720. The van der Waals surface area contributed by atoms with Gasteiger partial charge in [0.05, 0.1) is 30.1 Å². The number of anilines is 2. The van der Waals surface area contributed by atoms with Gasteiger partial charge in [0.2, 0.25) is 0 Å². The zero-order valence-corrected chi connectivity index (χ0v) is 11.6. The summed E-state index contributed by atoms with van der Waals surface area (Å²) in [4.78, 5) is 0. The minimum absolute atomic E-state index is 0.145. The largest absolute Gasteiger partial charge is 0.491 e. The van der Waals surface area contributed by atoms with Crippen molar-refractivity contribution < 1.29 is 9.84 Å². The highest BCUT2D eigenvalue weighted by Crippen LogP contribution is 2.37. The maximum absolute atomic E-state index is 9.64. The second kappa shape index (κ2) is 6.15. The number of benzene rings is 1. The highest BCUT2D eigenvalue weighted by Gasteiger charge is 2.33. The second-order valence-electron chi connectivity index (χ2n) is 5.34. The minimum atomic E-state index is -0.211. The van der Waals surface area contributed by atoms with Crippen molar-refractivity contribution in [2.45, 2.75) is 44.6 Å². The lowest BCUT2D eigenvalue weighted by molar-refractivity contribution is 0.214. The van der Waals surface area contributed by atoms with E-state index in [2.05, 4.69) is 12.2 Å². The number of nitrogens with two attached hydrogens (primary N) is 1. The lowest BCUT2D eigenvalue weighted by Crippen LogP contribution is -2.39. The van der Waals surface area contributed by atoms with E-state index in [1.165, 1.54) is 0 Å². The van der Waals surface area contributed by atoms with Gasteiger partial charge >= 0.3 is 0 Å². The third-order valence-corrected chi connectivity index (χ3v) is 3.79. The Balaban J connectivity index is 2.15. The first-order chi connectivity index (χ1) is 9.21. The molecule has 4 N–H and O–H groups in total. The van der Waals surface area contributed by atoms with E-state index >= 15 is 0 Å². The normalized spacial score (nSPS) is 17.4. The van der Waals surface area contributed by atoms with Gasteiger partial charge in [0.15, 0.2) is 0 Å². The van der Waals surface area contributed by atoms with Crippen molar-refractivity contribution in [2.75, 3.05) is 24.3 Å². The smallest absolute Gasteiger partial charge is 0.144 e. The molecule has 0 saturated heterocycles. The summed E-state index contributed by atoms with van der Waals surface area (Å²) >= 11 is 0. The van der Waals surface area contributed by atoms with Crippen molar-refractivity contribution in [1.29, 1.82) is 0 Å². The van der Waals surface area contributed by atoms with E-state index in [0.717, 1.165) is 43.5 Å². The van der Waals surface area contributed by atoms with E-state index in [0.29, 0.717) is 12.3 Å². The standard InChI is InChI=1S/C15H24N2O2/c1-2-10-19-13-7-5-6-12(14(13)16)17-15(11-18)8-3-4-9-15/h5-7,17-18H,2-4,8-11,16H2,1H3. The molecular formula is C15H24N2O2. The Morgan fingerprint density at radius 3 is 2.74 bits per heavy atom. The van der Waals surface area contributed by atoms with Gasteiger partial charge in [0, 0.05) is 0 Å². The molecule has 0 amide bonds. The molecule has 1 saturated carbocycles. The van der Waals surface area contributed by atoms with Crippen LogP contribution < -0.4 is 15.8 Å². The molecule has 0 bridgehead atoms. The summed E-state index contributed by atoms with van der Waals surface area (Å²) in [7, 11) is 0. The molecule has 19 heavy (non-hydrogen) atoms. The Morgan fingerprint density at radius 2 is 2.11 bits per heavy atom. The molecule has 1 aliphatic rings. The van der Waals surface area contributed by atoms with Crippen LogP contribution in [0.5, 0.6) is 5.75 Å². The van der Waals surface area contributed by atoms with Crippen LogP contribution in [-0.2, 0) is 0 Å². The van der Waals surface area contributed by atoms with Crippen LogP contribution in [0.4, 0.5) is 11.4 Å². The van der Waals surface area contributed by atoms with E-state index in [1.807, 2.05) is 18.2 Å². The zero-order valence-electron chi connectivity index (χ0n) is 11.6. The van der Waals surface area contributed by atoms with Gasteiger partial charge < -0.3 is 20.9 Å². The van der Waals surface area contributed by atoms with Gasteiger partial charge in [-0.25, -0.2) is 0 Å². The van der Waals surface area contributed by atoms with Crippen LogP contribution in [0.15, 0.2) is 18.2 Å². The van der Waals surface area contributed by atoms with E-state index in [4.69, 9.17) is 10.5 Å². The Morgan fingerprint density at radius 1 is 1.37 bits per heavy atom. The number of para-hydroxylation sites is 1. The first kappa shape index (κ1) is 14.0. The van der Waals surface area contributed by atoms with Gasteiger partial charge in [-0.2, -0.15) is 0 Å². The number of rotatable bonds is 6. The number of aliphatic hydroxyl groups is 1. The first-order valence-corrected chi connectivity index (χ1v) is 7.11. The topological polar surface area (TPSA) is 67.5 Å². The molecule has 4 heteroatoms. The summed E-state index contributed by atoms with van der Waals surface area (Å²) < 4.78 is 5.63. The Kier molecular flexibility index (Phi) is 4.53. The van der Waals surface area contributed by atoms with Crippen LogP contribution in [-0.4, -0.2) is 23.9 Å². The van der Waals surface area contributed by atoms with Crippen molar-refractivity contribution in [1.82, 2.24) is 0 Å². The van der Waals surface area contributed by atoms with Crippen molar-refractivity contribution in [3.8, 4) is 5.75 Å². The molecular weight excluding hydrogens is 240 g/mol. The van der Waals surface area contributed by atoms with Gasteiger partial charge in [0.25, 0.3) is 0 Å². The van der Waals surface area contributed by atoms with Crippen molar-refractivity contribution in [2.24, 2.45) is 0 Å². The maximum atomic E-state index is 9.64.